The van der Waals surface area contributed by atoms with E-state index < -0.39 is 0 Å². The minimum Gasteiger partial charge on any atom is -0.367 e. The van der Waals surface area contributed by atoms with Crippen molar-refractivity contribution in [2.45, 2.75) is 12.5 Å². The average Bonchev–Trinajstić information content (AvgIpc) is 3.01. The smallest absolute Gasteiger partial charge is 0.0457 e. The van der Waals surface area contributed by atoms with Gasteiger partial charge < -0.3 is 9.80 Å². The van der Waals surface area contributed by atoms with Gasteiger partial charge in [-0.15, -0.1) is 11.3 Å². The molecule has 3 heteroatoms. The molecule has 1 aromatic heterocycles. The van der Waals surface area contributed by atoms with Crippen LogP contribution < -0.4 is 4.90 Å². The maximum absolute atomic E-state index is 2.63. The largest absolute Gasteiger partial charge is 0.367 e. The molecule has 2 aliphatic rings. The monoisotopic (exact) mass is 258 g/mol. The Hall–Kier alpha value is -1.06. The molecule has 0 amide bonds. The fraction of sp³-hybridized carbons (Fsp3) is 0.467. The number of anilines is 1. The Balaban J connectivity index is 1.70. The predicted molar refractivity (Wildman–Crippen MR) is 78.6 cm³/mol. The summed E-state index contributed by atoms with van der Waals surface area (Å²) < 4.78 is 1.40. The Morgan fingerprint density at radius 2 is 2.17 bits per heavy atom. The van der Waals surface area contributed by atoms with Crippen LogP contribution in [0.2, 0.25) is 0 Å². The lowest BCUT2D eigenvalue weighted by Crippen LogP contribution is -2.34. The van der Waals surface area contributed by atoms with E-state index in [0.29, 0.717) is 0 Å². The summed E-state index contributed by atoms with van der Waals surface area (Å²) >= 11 is 1.83. The Labute approximate surface area is 112 Å². The molecule has 0 spiro atoms. The van der Waals surface area contributed by atoms with Crippen molar-refractivity contribution in [3.05, 3.63) is 29.6 Å². The molecule has 2 unspecified atom stereocenters. The maximum atomic E-state index is 2.63. The van der Waals surface area contributed by atoms with E-state index in [-0.39, 0.29) is 0 Å². The van der Waals surface area contributed by atoms with Crippen molar-refractivity contribution in [1.29, 1.82) is 0 Å². The molecule has 2 aromatic rings. The second-order valence-corrected chi connectivity index (χ2v) is 6.62. The van der Waals surface area contributed by atoms with E-state index in [4.69, 9.17) is 0 Å². The molecule has 0 bridgehead atoms. The van der Waals surface area contributed by atoms with Crippen molar-refractivity contribution in [2.75, 3.05) is 31.6 Å². The number of likely N-dealkylation sites (N-methyl/N-ethyl adjacent to an activating group) is 1. The SMILES string of the molecule is CN1CC2CCN(c3ccc4sccc4c3)C2C1. The van der Waals surface area contributed by atoms with Crippen LogP contribution in [0.3, 0.4) is 0 Å². The van der Waals surface area contributed by atoms with Crippen molar-refractivity contribution in [1.82, 2.24) is 4.90 Å². The number of nitrogens with zero attached hydrogens (tertiary/aromatic N) is 2. The molecule has 4 rings (SSSR count). The standard InChI is InChI=1S/C15H18N2S/c1-16-9-12-4-6-17(14(12)10-16)13-2-3-15-11(8-13)5-7-18-15/h2-3,5,7-8,12,14H,4,6,9-10H2,1H3. The van der Waals surface area contributed by atoms with Gasteiger partial charge in [0.2, 0.25) is 0 Å². The third kappa shape index (κ3) is 1.57. The van der Waals surface area contributed by atoms with E-state index in [2.05, 4.69) is 46.5 Å². The van der Waals surface area contributed by atoms with Crippen LogP contribution in [0.5, 0.6) is 0 Å². The molecular formula is C15H18N2S. The van der Waals surface area contributed by atoms with Crippen LogP contribution in [0, 0.1) is 5.92 Å². The van der Waals surface area contributed by atoms with Gasteiger partial charge in [-0.3, -0.25) is 0 Å². The molecule has 3 heterocycles. The van der Waals surface area contributed by atoms with Crippen molar-refractivity contribution in [2.24, 2.45) is 5.92 Å². The summed E-state index contributed by atoms with van der Waals surface area (Å²) in [5.41, 5.74) is 1.42. The first-order valence-corrected chi connectivity index (χ1v) is 7.62. The first kappa shape index (κ1) is 10.8. The van der Waals surface area contributed by atoms with Gasteiger partial charge >= 0.3 is 0 Å². The summed E-state index contributed by atoms with van der Waals surface area (Å²) in [5, 5.41) is 3.58. The lowest BCUT2D eigenvalue weighted by molar-refractivity contribution is 0.386. The summed E-state index contributed by atoms with van der Waals surface area (Å²) in [6.45, 7) is 3.74. The van der Waals surface area contributed by atoms with Gasteiger partial charge in [0, 0.05) is 36.1 Å². The number of hydrogen-bond acceptors (Lipinski definition) is 3. The average molecular weight is 258 g/mol. The third-order valence-electron chi connectivity index (χ3n) is 4.50. The molecule has 2 atom stereocenters. The molecule has 18 heavy (non-hydrogen) atoms. The number of rotatable bonds is 1. The molecule has 2 nitrogen and oxygen atoms in total. The minimum absolute atomic E-state index is 0.742. The highest BCUT2D eigenvalue weighted by Gasteiger charge is 2.39. The summed E-state index contributed by atoms with van der Waals surface area (Å²) in [5.74, 6) is 0.883. The van der Waals surface area contributed by atoms with Gasteiger partial charge in [0.15, 0.2) is 0 Å². The molecule has 0 saturated carbocycles. The summed E-state index contributed by atoms with van der Waals surface area (Å²) in [7, 11) is 2.25. The van der Waals surface area contributed by atoms with Crippen LogP contribution in [0.1, 0.15) is 6.42 Å². The molecule has 1 aromatic carbocycles. The van der Waals surface area contributed by atoms with Crippen molar-refractivity contribution >= 4 is 27.1 Å². The summed E-state index contributed by atoms with van der Waals surface area (Å²) in [4.78, 5) is 5.11. The van der Waals surface area contributed by atoms with Gasteiger partial charge in [-0.25, -0.2) is 0 Å². The molecule has 2 fully saturated rings. The van der Waals surface area contributed by atoms with Crippen molar-refractivity contribution < 1.29 is 0 Å². The van der Waals surface area contributed by atoms with Crippen LogP contribution in [-0.2, 0) is 0 Å². The van der Waals surface area contributed by atoms with E-state index in [0.717, 1.165) is 12.0 Å². The highest BCUT2D eigenvalue weighted by Crippen LogP contribution is 2.36. The zero-order valence-electron chi connectivity index (χ0n) is 10.7. The quantitative estimate of drug-likeness (QED) is 0.776. The van der Waals surface area contributed by atoms with Crippen LogP contribution >= 0.6 is 11.3 Å². The van der Waals surface area contributed by atoms with Gasteiger partial charge in [0.25, 0.3) is 0 Å². The normalized spacial score (nSPS) is 28.2. The molecule has 0 radical (unpaired) electrons. The molecule has 2 saturated heterocycles. The molecule has 94 valence electrons. The number of fused-ring (bicyclic) bond motifs is 2. The number of hydrogen-bond donors (Lipinski definition) is 0. The third-order valence-corrected chi connectivity index (χ3v) is 5.40. The van der Waals surface area contributed by atoms with Crippen molar-refractivity contribution in [3.8, 4) is 0 Å². The molecule has 2 aliphatic heterocycles. The van der Waals surface area contributed by atoms with Crippen molar-refractivity contribution in [3.63, 3.8) is 0 Å². The van der Waals surface area contributed by atoms with E-state index in [1.54, 1.807) is 0 Å². The van der Waals surface area contributed by atoms with Gasteiger partial charge in [-0.05, 0) is 54.4 Å². The number of benzene rings is 1. The molecule has 0 N–H and O–H groups in total. The van der Waals surface area contributed by atoms with E-state index >= 15 is 0 Å². The Kier molecular flexibility index (Phi) is 2.39. The number of likely N-dealkylation sites (tertiary alicyclic amines) is 1. The van der Waals surface area contributed by atoms with Gasteiger partial charge in [0.05, 0.1) is 0 Å². The fourth-order valence-corrected chi connectivity index (χ4v) is 4.40. The summed E-state index contributed by atoms with van der Waals surface area (Å²) in [6, 6.07) is 9.93. The topological polar surface area (TPSA) is 6.48 Å². The van der Waals surface area contributed by atoms with E-state index in [1.165, 1.54) is 41.8 Å². The highest BCUT2D eigenvalue weighted by atomic mass is 32.1. The lowest BCUT2D eigenvalue weighted by Gasteiger charge is -2.26. The number of thiophene rings is 1. The Bertz CT molecular complexity index is 577. The highest BCUT2D eigenvalue weighted by molar-refractivity contribution is 7.17. The second kappa shape index (κ2) is 3.97. The van der Waals surface area contributed by atoms with E-state index in [1.807, 2.05) is 11.3 Å². The minimum atomic E-state index is 0.742. The zero-order valence-corrected chi connectivity index (χ0v) is 11.5. The van der Waals surface area contributed by atoms with Gasteiger partial charge in [-0.2, -0.15) is 0 Å². The molecule has 0 aliphatic carbocycles. The van der Waals surface area contributed by atoms with Gasteiger partial charge in [0.1, 0.15) is 0 Å². The van der Waals surface area contributed by atoms with Gasteiger partial charge in [-0.1, -0.05) is 0 Å². The lowest BCUT2D eigenvalue weighted by atomic mass is 10.0. The predicted octanol–water partition coefficient (Wildman–Crippen LogP) is 3.04. The molecular weight excluding hydrogens is 240 g/mol. The Morgan fingerprint density at radius 1 is 1.22 bits per heavy atom. The second-order valence-electron chi connectivity index (χ2n) is 5.67. The Morgan fingerprint density at radius 3 is 3.11 bits per heavy atom. The van der Waals surface area contributed by atoms with Crippen LogP contribution in [0.4, 0.5) is 5.69 Å². The van der Waals surface area contributed by atoms with Crippen LogP contribution in [0.25, 0.3) is 10.1 Å². The van der Waals surface area contributed by atoms with E-state index in [9.17, 15) is 0 Å². The maximum Gasteiger partial charge on any atom is 0.0457 e. The first-order chi connectivity index (χ1) is 8.81. The fourth-order valence-electron chi connectivity index (χ4n) is 3.63. The first-order valence-electron chi connectivity index (χ1n) is 6.74. The van der Waals surface area contributed by atoms with Crippen LogP contribution in [0.15, 0.2) is 29.6 Å². The van der Waals surface area contributed by atoms with Crippen LogP contribution in [-0.4, -0.2) is 37.6 Å². The summed E-state index contributed by atoms with van der Waals surface area (Å²) in [6.07, 6.45) is 1.36. The zero-order chi connectivity index (χ0) is 12.1.